The van der Waals surface area contributed by atoms with Gasteiger partial charge in [0.2, 0.25) is 0 Å². The lowest BCUT2D eigenvalue weighted by Crippen LogP contribution is -1.95. The Morgan fingerprint density at radius 1 is 1.45 bits per heavy atom. The van der Waals surface area contributed by atoms with E-state index in [2.05, 4.69) is 22.6 Å². The smallest absolute Gasteiger partial charge is 0.0772 e. The van der Waals surface area contributed by atoms with Crippen molar-refractivity contribution in [3.63, 3.8) is 0 Å². The van der Waals surface area contributed by atoms with Gasteiger partial charge >= 0.3 is 0 Å². The Morgan fingerprint density at radius 3 is 2.55 bits per heavy atom. The molecule has 0 amide bonds. The van der Waals surface area contributed by atoms with Crippen LogP contribution in [0.3, 0.4) is 0 Å². The minimum absolute atomic E-state index is 0.359. The van der Waals surface area contributed by atoms with E-state index in [4.69, 9.17) is 0 Å². The van der Waals surface area contributed by atoms with Gasteiger partial charge in [0.05, 0.1) is 6.10 Å². The van der Waals surface area contributed by atoms with E-state index in [9.17, 15) is 5.11 Å². The molecule has 0 bridgehead atoms. The van der Waals surface area contributed by atoms with Crippen LogP contribution in [0.2, 0.25) is 0 Å². The Morgan fingerprint density at radius 2 is 2.09 bits per heavy atom. The summed E-state index contributed by atoms with van der Waals surface area (Å²) in [6.07, 6.45) is -0.359. The molecule has 1 N–H and O–H groups in total. The van der Waals surface area contributed by atoms with Gasteiger partial charge in [-0.1, -0.05) is 18.2 Å². The summed E-state index contributed by atoms with van der Waals surface area (Å²) in [5.41, 5.74) is 2.24. The summed E-state index contributed by atoms with van der Waals surface area (Å²) >= 11 is 2.26. The zero-order valence-corrected chi connectivity index (χ0v) is 8.79. The van der Waals surface area contributed by atoms with Gasteiger partial charge in [-0.3, -0.25) is 0 Å². The maximum atomic E-state index is 9.32. The third-order valence-corrected chi connectivity index (χ3v) is 3.15. The Bertz CT molecular complexity index is 256. The van der Waals surface area contributed by atoms with Gasteiger partial charge < -0.3 is 5.11 Å². The van der Waals surface area contributed by atoms with E-state index in [1.54, 1.807) is 6.92 Å². The first-order valence-corrected chi connectivity index (χ1v) is 4.64. The maximum Gasteiger partial charge on any atom is 0.0772 e. The third-order valence-electron chi connectivity index (χ3n) is 1.67. The summed E-state index contributed by atoms with van der Waals surface area (Å²) in [6.45, 7) is 3.84. The third kappa shape index (κ3) is 1.93. The Balaban J connectivity index is 3.17. The predicted molar refractivity (Wildman–Crippen MR) is 54.5 cm³/mol. The van der Waals surface area contributed by atoms with E-state index in [1.165, 1.54) is 9.13 Å². The summed E-state index contributed by atoms with van der Waals surface area (Å²) in [7, 11) is 0. The standard InChI is InChI=1S/C9H11IO/c1-6-4-3-5-8(7(2)11)9(6)10/h3-5,7,11H,1-2H3/t7-/m0/s1. The second kappa shape index (κ2) is 3.54. The molecule has 0 saturated heterocycles. The Labute approximate surface area is 80.6 Å². The number of rotatable bonds is 1. The van der Waals surface area contributed by atoms with Gasteiger partial charge in [0.1, 0.15) is 0 Å². The zero-order chi connectivity index (χ0) is 8.43. The largest absolute Gasteiger partial charge is 0.389 e. The van der Waals surface area contributed by atoms with Crippen LogP contribution in [0.5, 0.6) is 0 Å². The van der Waals surface area contributed by atoms with Crippen LogP contribution in [0.25, 0.3) is 0 Å². The fourth-order valence-corrected chi connectivity index (χ4v) is 1.80. The van der Waals surface area contributed by atoms with Gasteiger partial charge in [-0.15, -0.1) is 0 Å². The number of hydrogen-bond donors (Lipinski definition) is 1. The van der Waals surface area contributed by atoms with Crippen molar-refractivity contribution in [1.29, 1.82) is 0 Å². The molecule has 0 saturated carbocycles. The van der Waals surface area contributed by atoms with Crippen molar-refractivity contribution < 1.29 is 5.11 Å². The minimum atomic E-state index is -0.359. The van der Waals surface area contributed by atoms with Gasteiger partial charge in [-0.05, 0) is 47.6 Å². The van der Waals surface area contributed by atoms with E-state index >= 15 is 0 Å². The number of hydrogen-bond acceptors (Lipinski definition) is 1. The minimum Gasteiger partial charge on any atom is -0.389 e. The summed E-state index contributed by atoms with van der Waals surface area (Å²) in [5.74, 6) is 0. The van der Waals surface area contributed by atoms with E-state index in [1.807, 2.05) is 25.1 Å². The zero-order valence-electron chi connectivity index (χ0n) is 6.63. The highest BCUT2D eigenvalue weighted by Gasteiger charge is 2.05. The highest BCUT2D eigenvalue weighted by molar-refractivity contribution is 14.1. The molecule has 0 radical (unpaired) electrons. The SMILES string of the molecule is Cc1cccc([C@H](C)O)c1I. The van der Waals surface area contributed by atoms with E-state index in [0.717, 1.165) is 5.56 Å². The van der Waals surface area contributed by atoms with Gasteiger partial charge in [-0.2, -0.15) is 0 Å². The average molecular weight is 262 g/mol. The van der Waals surface area contributed by atoms with Gasteiger partial charge in [0.25, 0.3) is 0 Å². The molecule has 0 aliphatic rings. The quantitative estimate of drug-likeness (QED) is 0.771. The monoisotopic (exact) mass is 262 g/mol. The molecular formula is C9H11IO. The molecular weight excluding hydrogens is 251 g/mol. The molecule has 0 spiro atoms. The fourth-order valence-electron chi connectivity index (χ4n) is 0.993. The molecule has 0 aliphatic carbocycles. The summed E-state index contributed by atoms with van der Waals surface area (Å²) in [5, 5.41) is 9.32. The lowest BCUT2D eigenvalue weighted by molar-refractivity contribution is 0.198. The van der Waals surface area contributed by atoms with Crippen molar-refractivity contribution in [1.82, 2.24) is 0 Å². The van der Waals surface area contributed by atoms with E-state index in [-0.39, 0.29) is 6.10 Å². The van der Waals surface area contributed by atoms with Crippen LogP contribution in [0.1, 0.15) is 24.2 Å². The summed E-state index contributed by atoms with van der Waals surface area (Å²) in [6, 6.07) is 5.98. The molecule has 0 aromatic heterocycles. The fraction of sp³-hybridized carbons (Fsp3) is 0.333. The van der Waals surface area contributed by atoms with Crippen LogP contribution in [-0.4, -0.2) is 5.11 Å². The van der Waals surface area contributed by atoms with Gasteiger partial charge in [-0.25, -0.2) is 0 Å². The van der Waals surface area contributed by atoms with E-state index < -0.39 is 0 Å². The molecule has 0 fully saturated rings. The van der Waals surface area contributed by atoms with Crippen LogP contribution in [0.4, 0.5) is 0 Å². The highest BCUT2D eigenvalue weighted by Crippen LogP contribution is 2.22. The van der Waals surface area contributed by atoms with Crippen LogP contribution in [-0.2, 0) is 0 Å². The first-order chi connectivity index (χ1) is 5.13. The van der Waals surface area contributed by atoms with Gasteiger partial charge in [0.15, 0.2) is 0 Å². The molecule has 0 unspecified atom stereocenters. The van der Waals surface area contributed by atoms with Crippen molar-refractivity contribution in [2.45, 2.75) is 20.0 Å². The predicted octanol–water partition coefficient (Wildman–Crippen LogP) is 2.65. The molecule has 1 aromatic rings. The molecule has 11 heavy (non-hydrogen) atoms. The molecule has 2 heteroatoms. The van der Waals surface area contributed by atoms with Crippen LogP contribution >= 0.6 is 22.6 Å². The number of aliphatic hydroxyl groups excluding tert-OH is 1. The normalized spacial score (nSPS) is 13.1. The molecule has 1 aromatic carbocycles. The molecule has 0 aliphatic heterocycles. The Kier molecular flexibility index (Phi) is 2.90. The lowest BCUT2D eigenvalue weighted by atomic mass is 10.1. The number of halogens is 1. The van der Waals surface area contributed by atoms with Crippen molar-refractivity contribution in [2.24, 2.45) is 0 Å². The lowest BCUT2D eigenvalue weighted by Gasteiger charge is -2.08. The van der Waals surface area contributed by atoms with Crippen molar-refractivity contribution >= 4 is 22.6 Å². The topological polar surface area (TPSA) is 20.2 Å². The highest BCUT2D eigenvalue weighted by atomic mass is 127. The van der Waals surface area contributed by atoms with Crippen molar-refractivity contribution in [3.8, 4) is 0 Å². The van der Waals surface area contributed by atoms with Crippen LogP contribution in [0, 0.1) is 10.5 Å². The number of aryl methyl sites for hydroxylation is 1. The number of benzene rings is 1. The summed E-state index contributed by atoms with van der Waals surface area (Å²) in [4.78, 5) is 0. The second-order valence-electron chi connectivity index (χ2n) is 2.65. The average Bonchev–Trinajstić information content (AvgIpc) is 1.94. The molecule has 1 rings (SSSR count). The molecule has 0 heterocycles. The summed E-state index contributed by atoms with van der Waals surface area (Å²) < 4.78 is 1.17. The van der Waals surface area contributed by atoms with Crippen molar-refractivity contribution in [2.75, 3.05) is 0 Å². The van der Waals surface area contributed by atoms with Crippen LogP contribution in [0.15, 0.2) is 18.2 Å². The van der Waals surface area contributed by atoms with Gasteiger partial charge in [0, 0.05) is 3.57 Å². The van der Waals surface area contributed by atoms with Crippen molar-refractivity contribution in [3.05, 3.63) is 32.9 Å². The second-order valence-corrected chi connectivity index (χ2v) is 3.73. The Hall–Kier alpha value is -0.0900. The first-order valence-electron chi connectivity index (χ1n) is 3.56. The first kappa shape index (κ1) is 9.00. The molecule has 1 atom stereocenters. The molecule has 60 valence electrons. The van der Waals surface area contributed by atoms with E-state index in [0.29, 0.717) is 0 Å². The number of aliphatic hydroxyl groups is 1. The molecule has 1 nitrogen and oxygen atoms in total. The van der Waals surface area contributed by atoms with Crippen LogP contribution < -0.4 is 0 Å². The maximum absolute atomic E-state index is 9.32.